The maximum absolute atomic E-state index is 6.57. The minimum Gasteiger partial charge on any atom is -0.166 e. The first-order valence-electron chi connectivity index (χ1n) is 1.99. The van der Waals surface area contributed by atoms with Gasteiger partial charge < -0.3 is 0 Å². The molecule has 0 aromatic rings. The van der Waals surface area contributed by atoms with Crippen molar-refractivity contribution in [3.63, 3.8) is 0 Å². The summed E-state index contributed by atoms with van der Waals surface area (Å²) in [5.74, 6) is 1.07. The summed E-state index contributed by atoms with van der Waals surface area (Å²) in [6.45, 7) is 2.05. The van der Waals surface area contributed by atoms with Crippen molar-refractivity contribution >= 4 is 11.8 Å². The first kappa shape index (κ1) is 2.58. The van der Waals surface area contributed by atoms with Gasteiger partial charge in [0.05, 0.1) is 0 Å². The Morgan fingerprint density at radius 1 is 2.25 bits per heavy atom. The molecule has 0 nitrogen and oxygen atoms in total. The zero-order valence-corrected chi connectivity index (χ0v) is 3.64. The summed E-state index contributed by atoms with van der Waals surface area (Å²) in [5, 5.41) is 0. The molecular formula is C3H8S. The van der Waals surface area contributed by atoms with Crippen molar-refractivity contribution in [2.75, 3.05) is 12.0 Å². The van der Waals surface area contributed by atoms with Gasteiger partial charge in [0.1, 0.15) is 0 Å². The Morgan fingerprint density at radius 2 is 3.00 bits per heavy atom. The Labute approximate surface area is 33.0 Å². The molecule has 0 aromatic carbocycles. The Hall–Kier alpha value is 0.350. The fourth-order valence-corrected chi connectivity index (χ4v) is 0. The second kappa shape index (κ2) is 3.35. The maximum atomic E-state index is 6.57. The maximum Gasteiger partial charge on any atom is 0.0344 e. The van der Waals surface area contributed by atoms with Crippen LogP contribution >= 0.6 is 11.8 Å². The van der Waals surface area contributed by atoms with E-state index >= 15 is 0 Å². The minimum absolute atomic E-state index is 0.510. The van der Waals surface area contributed by atoms with Gasteiger partial charge in [-0.1, -0.05) is 6.92 Å². The predicted molar refractivity (Wildman–Crippen MR) is 24.1 cm³/mol. The lowest BCUT2D eigenvalue weighted by atomic mass is 11.0. The monoisotopic (exact) mass is 77.0 g/mol. The van der Waals surface area contributed by atoms with Crippen molar-refractivity contribution in [3.8, 4) is 0 Å². The average molecular weight is 77.2 g/mol. The van der Waals surface area contributed by atoms with E-state index in [1.165, 1.54) is 0 Å². The van der Waals surface area contributed by atoms with Crippen LogP contribution in [0.25, 0.3) is 0 Å². The number of hydrogen-bond acceptors (Lipinski definition) is 1. The Morgan fingerprint density at radius 3 is 3.00 bits per heavy atom. The van der Waals surface area contributed by atoms with Crippen LogP contribution < -0.4 is 0 Å². The smallest absolute Gasteiger partial charge is 0.0344 e. The van der Waals surface area contributed by atoms with Crippen LogP contribution in [0.15, 0.2) is 0 Å². The van der Waals surface area contributed by atoms with Crippen LogP contribution in [0.5, 0.6) is 0 Å². The van der Waals surface area contributed by atoms with Gasteiger partial charge in [-0.25, -0.2) is 0 Å². The molecule has 0 spiro atoms. The molecule has 0 N–H and O–H groups in total. The van der Waals surface area contributed by atoms with Crippen LogP contribution in [-0.4, -0.2) is 12.0 Å². The van der Waals surface area contributed by atoms with Gasteiger partial charge in [-0.2, -0.15) is 11.8 Å². The standard InChI is InChI=1S/C3H8S/c1-3-4-2/h3H2,1-2H3/i2D. The summed E-state index contributed by atoms with van der Waals surface area (Å²) < 4.78 is 6.57. The van der Waals surface area contributed by atoms with Crippen molar-refractivity contribution in [3.05, 3.63) is 0 Å². The lowest BCUT2D eigenvalue weighted by molar-refractivity contribution is 1.53. The molecule has 0 aromatic heterocycles. The molecule has 0 saturated carbocycles. The molecule has 0 heterocycles. The van der Waals surface area contributed by atoms with E-state index in [1.54, 1.807) is 11.8 Å². The van der Waals surface area contributed by atoms with Gasteiger partial charge in [-0.15, -0.1) is 0 Å². The molecule has 0 bridgehead atoms. The normalized spacial score (nSPS) is 10.8. The zero-order valence-electron chi connectivity index (χ0n) is 3.82. The molecule has 0 saturated heterocycles. The SMILES string of the molecule is [2H]CSCC. The van der Waals surface area contributed by atoms with E-state index < -0.39 is 0 Å². The van der Waals surface area contributed by atoms with Gasteiger partial charge in [-0.3, -0.25) is 0 Å². The average Bonchev–Trinajstić information content (AvgIpc) is 1.41. The highest BCUT2D eigenvalue weighted by atomic mass is 32.2. The van der Waals surface area contributed by atoms with Gasteiger partial charge in [-0.05, 0) is 12.0 Å². The number of thioether (sulfide) groups is 1. The molecule has 1 heteroatoms. The van der Waals surface area contributed by atoms with Crippen molar-refractivity contribution in [2.45, 2.75) is 6.92 Å². The molecule has 4 heavy (non-hydrogen) atoms. The summed E-state index contributed by atoms with van der Waals surface area (Å²) in [6.07, 6.45) is 0.510. The van der Waals surface area contributed by atoms with Crippen LogP contribution in [0.1, 0.15) is 8.29 Å². The predicted octanol–water partition coefficient (Wildman–Crippen LogP) is 1.37. The Bertz CT molecular complexity index is 14.4. The Balaban J connectivity index is 2.19. The molecule has 0 atom stereocenters. The molecule has 0 radical (unpaired) electrons. The molecule has 26 valence electrons. The fourth-order valence-electron chi connectivity index (χ4n) is 0. The first-order chi connectivity index (χ1) is 2.41. The lowest BCUT2D eigenvalue weighted by Crippen LogP contribution is -1.52. The van der Waals surface area contributed by atoms with Gasteiger partial charge in [0.2, 0.25) is 0 Å². The van der Waals surface area contributed by atoms with Gasteiger partial charge in [0.15, 0.2) is 0 Å². The highest BCUT2D eigenvalue weighted by molar-refractivity contribution is 7.98. The first-order valence-corrected chi connectivity index (χ1v) is 2.44. The van der Waals surface area contributed by atoms with Gasteiger partial charge in [0.25, 0.3) is 0 Å². The van der Waals surface area contributed by atoms with E-state index in [0.29, 0.717) is 6.23 Å². The molecular weight excluding hydrogens is 68.1 g/mol. The largest absolute Gasteiger partial charge is 0.166 e. The fraction of sp³-hybridized carbons (Fsp3) is 1.00. The highest BCUT2D eigenvalue weighted by Crippen LogP contribution is 1.83. The molecule has 0 unspecified atom stereocenters. The summed E-state index contributed by atoms with van der Waals surface area (Å²) in [5.41, 5.74) is 0. The zero-order chi connectivity index (χ0) is 4.12. The van der Waals surface area contributed by atoms with Crippen LogP contribution in [0, 0.1) is 0 Å². The quantitative estimate of drug-likeness (QED) is 0.455. The van der Waals surface area contributed by atoms with Crippen molar-refractivity contribution < 1.29 is 1.37 Å². The molecule has 0 aliphatic heterocycles. The van der Waals surface area contributed by atoms with E-state index in [1.807, 2.05) is 0 Å². The van der Waals surface area contributed by atoms with Crippen molar-refractivity contribution in [1.29, 1.82) is 0 Å². The van der Waals surface area contributed by atoms with E-state index in [2.05, 4.69) is 6.92 Å². The van der Waals surface area contributed by atoms with Crippen LogP contribution in [-0.2, 0) is 0 Å². The van der Waals surface area contributed by atoms with Crippen LogP contribution in [0.4, 0.5) is 0 Å². The number of hydrogen-bond donors (Lipinski definition) is 0. The summed E-state index contributed by atoms with van der Waals surface area (Å²) in [7, 11) is 0. The third-order valence-corrected chi connectivity index (χ3v) is 0.612. The van der Waals surface area contributed by atoms with E-state index in [-0.39, 0.29) is 0 Å². The van der Waals surface area contributed by atoms with Crippen LogP contribution in [0.3, 0.4) is 0 Å². The van der Waals surface area contributed by atoms with E-state index in [0.717, 1.165) is 5.75 Å². The summed E-state index contributed by atoms with van der Waals surface area (Å²) >= 11 is 1.63. The van der Waals surface area contributed by atoms with Crippen molar-refractivity contribution in [2.24, 2.45) is 0 Å². The van der Waals surface area contributed by atoms with Gasteiger partial charge >= 0.3 is 0 Å². The summed E-state index contributed by atoms with van der Waals surface area (Å²) in [6, 6.07) is 0. The Kier molecular flexibility index (Phi) is 2.16. The van der Waals surface area contributed by atoms with E-state index in [4.69, 9.17) is 1.37 Å². The number of rotatable bonds is 1. The van der Waals surface area contributed by atoms with E-state index in [9.17, 15) is 0 Å². The lowest BCUT2D eigenvalue weighted by Gasteiger charge is -1.69. The molecule has 0 aliphatic carbocycles. The second-order valence-corrected chi connectivity index (χ2v) is 1.48. The summed E-state index contributed by atoms with van der Waals surface area (Å²) in [4.78, 5) is 0. The second-order valence-electron chi connectivity index (χ2n) is 0.493. The van der Waals surface area contributed by atoms with Gasteiger partial charge in [0, 0.05) is 1.37 Å². The third-order valence-electron chi connectivity index (χ3n) is 0.204. The minimum atomic E-state index is 0.510. The third kappa shape index (κ3) is 2.35. The highest BCUT2D eigenvalue weighted by Gasteiger charge is 1.55. The van der Waals surface area contributed by atoms with Crippen LogP contribution in [0.2, 0.25) is 0 Å². The molecule has 0 rings (SSSR count). The van der Waals surface area contributed by atoms with Crippen molar-refractivity contribution in [1.82, 2.24) is 0 Å². The molecule has 0 amide bonds. The molecule has 0 aliphatic rings. The topological polar surface area (TPSA) is 0 Å². The molecule has 0 fully saturated rings.